The molecule has 0 aromatic carbocycles. The summed E-state index contributed by atoms with van der Waals surface area (Å²) in [6.07, 6.45) is 1.81. The zero-order valence-electron chi connectivity index (χ0n) is 11.9. The lowest BCUT2D eigenvalue weighted by Crippen LogP contribution is -2.23. The minimum Gasteiger partial charge on any atom is -0.447 e. The fourth-order valence-electron chi connectivity index (χ4n) is 1.33. The van der Waals surface area contributed by atoms with Crippen LogP contribution in [0.15, 0.2) is 33.3 Å². The summed E-state index contributed by atoms with van der Waals surface area (Å²) in [5.41, 5.74) is 1.06. The van der Waals surface area contributed by atoms with Gasteiger partial charge in [0.1, 0.15) is 5.76 Å². The van der Waals surface area contributed by atoms with Gasteiger partial charge in [0, 0.05) is 12.6 Å². The quantitative estimate of drug-likeness (QED) is 0.752. The molecule has 1 rings (SSSR count). The van der Waals surface area contributed by atoms with Crippen LogP contribution in [0.3, 0.4) is 0 Å². The molecule has 0 unspecified atom stereocenters. The zero-order valence-corrected chi connectivity index (χ0v) is 12.7. The van der Waals surface area contributed by atoms with E-state index in [0.717, 1.165) is 5.57 Å². The first-order valence-electron chi connectivity index (χ1n) is 6.26. The number of allylic oxidation sites excluding steroid dienone is 1. The Balaban J connectivity index is 2.66. The van der Waals surface area contributed by atoms with Crippen molar-refractivity contribution in [3.8, 4) is 0 Å². The lowest BCUT2D eigenvalue weighted by Gasteiger charge is -2.05. The van der Waals surface area contributed by atoms with Crippen molar-refractivity contribution >= 4 is 10.0 Å². The van der Waals surface area contributed by atoms with Crippen molar-refractivity contribution in [1.82, 2.24) is 10.0 Å². The maximum atomic E-state index is 11.9. The summed E-state index contributed by atoms with van der Waals surface area (Å²) in [6, 6.07) is 3.47. The Morgan fingerprint density at radius 1 is 1.37 bits per heavy atom. The molecular formula is C13H22N2O3S. The molecule has 0 spiro atoms. The maximum Gasteiger partial charge on any atom is 0.274 e. The third-order valence-electron chi connectivity index (χ3n) is 2.37. The van der Waals surface area contributed by atoms with Crippen molar-refractivity contribution in [2.45, 2.75) is 45.4 Å². The molecule has 1 aromatic rings. The normalized spacial score (nSPS) is 11.8. The second-order valence-electron chi connectivity index (χ2n) is 4.89. The van der Waals surface area contributed by atoms with Crippen LogP contribution in [0.1, 0.15) is 33.5 Å². The molecule has 0 aliphatic carbocycles. The summed E-state index contributed by atoms with van der Waals surface area (Å²) in [5.74, 6) is 0.608. The molecule has 0 saturated heterocycles. The molecular weight excluding hydrogens is 264 g/mol. The Labute approximate surface area is 115 Å². The number of rotatable bonds is 7. The average molecular weight is 286 g/mol. The van der Waals surface area contributed by atoms with Gasteiger partial charge in [0.15, 0.2) is 0 Å². The molecule has 19 heavy (non-hydrogen) atoms. The molecule has 0 amide bonds. The Kier molecular flexibility index (Phi) is 5.78. The van der Waals surface area contributed by atoms with E-state index >= 15 is 0 Å². The van der Waals surface area contributed by atoms with E-state index < -0.39 is 10.0 Å². The summed E-state index contributed by atoms with van der Waals surface area (Å²) in [6.45, 7) is 8.64. The third kappa shape index (κ3) is 5.59. The highest BCUT2D eigenvalue weighted by Gasteiger charge is 2.17. The molecule has 1 aromatic heterocycles. The topological polar surface area (TPSA) is 71.3 Å². The van der Waals surface area contributed by atoms with Crippen molar-refractivity contribution in [3.05, 3.63) is 29.5 Å². The molecule has 108 valence electrons. The molecule has 0 saturated carbocycles. The molecule has 5 nitrogen and oxygen atoms in total. The molecule has 2 N–H and O–H groups in total. The van der Waals surface area contributed by atoms with Crippen LogP contribution in [-0.2, 0) is 16.6 Å². The van der Waals surface area contributed by atoms with Crippen LogP contribution in [-0.4, -0.2) is 21.0 Å². The minimum atomic E-state index is -3.56. The molecule has 0 fully saturated rings. The van der Waals surface area contributed by atoms with Gasteiger partial charge < -0.3 is 9.73 Å². The summed E-state index contributed by atoms with van der Waals surface area (Å²) in [7, 11) is -3.56. The van der Waals surface area contributed by atoms with Crippen LogP contribution < -0.4 is 10.0 Å². The van der Waals surface area contributed by atoms with Gasteiger partial charge in [-0.3, -0.25) is 0 Å². The van der Waals surface area contributed by atoms with Gasteiger partial charge in [0.25, 0.3) is 10.0 Å². The minimum absolute atomic E-state index is 0.0461. The maximum absolute atomic E-state index is 11.9. The Morgan fingerprint density at radius 3 is 2.63 bits per heavy atom. The molecule has 0 aliphatic rings. The molecule has 0 atom stereocenters. The van der Waals surface area contributed by atoms with Gasteiger partial charge >= 0.3 is 0 Å². The number of hydrogen-bond donors (Lipinski definition) is 2. The van der Waals surface area contributed by atoms with E-state index in [1.165, 1.54) is 6.07 Å². The van der Waals surface area contributed by atoms with Crippen LogP contribution in [0.2, 0.25) is 0 Å². The SMILES string of the molecule is CC(C)=CCNS(=O)(=O)c1ccc(CNC(C)C)o1. The molecule has 6 heteroatoms. The number of furan rings is 1. The fourth-order valence-corrected chi connectivity index (χ4v) is 2.24. The highest BCUT2D eigenvalue weighted by Crippen LogP contribution is 2.13. The van der Waals surface area contributed by atoms with E-state index in [1.54, 1.807) is 6.07 Å². The van der Waals surface area contributed by atoms with E-state index in [-0.39, 0.29) is 11.6 Å². The van der Waals surface area contributed by atoms with Gasteiger partial charge in [-0.1, -0.05) is 25.5 Å². The Hall–Kier alpha value is -1.11. The van der Waals surface area contributed by atoms with Crippen molar-refractivity contribution in [1.29, 1.82) is 0 Å². The second-order valence-corrected chi connectivity index (χ2v) is 6.59. The van der Waals surface area contributed by atoms with E-state index in [2.05, 4.69) is 10.0 Å². The van der Waals surface area contributed by atoms with Gasteiger partial charge in [-0.05, 0) is 26.0 Å². The van der Waals surface area contributed by atoms with Crippen LogP contribution in [0.4, 0.5) is 0 Å². The smallest absolute Gasteiger partial charge is 0.274 e. The highest BCUT2D eigenvalue weighted by molar-refractivity contribution is 7.89. The van der Waals surface area contributed by atoms with Crippen molar-refractivity contribution in [2.24, 2.45) is 0 Å². The lowest BCUT2D eigenvalue weighted by atomic mass is 10.3. The predicted molar refractivity (Wildman–Crippen MR) is 75.3 cm³/mol. The van der Waals surface area contributed by atoms with Gasteiger partial charge in [-0.25, -0.2) is 13.1 Å². The summed E-state index contributed by atoms with van der Waals surface area (Å²) >= 11 is 0. The van der Waals surface area contributed by atoms with Gasteiger partial charge in [-0.15, -0.1) is 0 Å². The number of nitrogens with one attached hydrogen (secondary N) is 2. The Morgan fingerprint density at radius 2 is 2.05 bits per heavy atom. The molecule has 0 aliphatic heterocycles. The standard InChI is InChI=1S/C13H22N2O3S/c1-10(2)7-8-15-19(16,17)13-6-5-12(18-13)9-14-11(3)4/h5-7,11,14-15H,8-9H2,1-4H3. The van der Waals surface area contributed by atoms with E-state index in [9.17, 15) is 8.42 Å². The largest absolute Gasteiger partial charge is 0.447 e. The number of hydrogen-bond acceptors (Lipinski definition) is 4. The highest BCUT2D eigenvalue weighted by atomic mass is 32.2. The molecule has 1 heterocycles. The van der Waals surface area contributed by atoms with Crippen molar-refractivity contribution < 1.29 is 12.8 Å². The van der Waals surface area contributed by atoms with Crippen molar-refractivity contribution in [2.75, 3.05) is 6.54 Å². The molecule has 0 radical (unpaired) electrons. The lowest BCUT2D eigenvalue weighted by molar-refractivity contribution is 0.393. The first kappa shape index (κ1) is 15.9. The van der Waals surface area contributed by atoms with E-state index in [1.807, 2.05) is 33.8 Å². The average Bonchev–Trinajstić information content (AvgIpc) is 2.74. The first-order chi connectivity index (χ1) is 8.81. The molecule has 0 bridgehead atoms. The zero-order chi connectivity index (χ0) is 14.5. The van der Waals surface area contributed by atoms with Gasteiger partial charge in [0.2, 0.25) is 5.09 Å². The third-order valence-corrected chi connectivity index (χ3v) is 3.67. The number of sulfonamides is 1. The van der Waals surface area contributed by atoms with Gasteiger partial charge in [-0.2, -0.15) is 0 Å². The Bertz CT molecular complexity index is 526. The summed E-state index contributed by atoms with van der Waals surface area (Å²) in [4.78, 5) is 0. The summed E-state index contributed by atoms with van der Waals surface area (Å²) in [5, 5.41) is 3.12. The van der Waals surface area contributed by atoms with E-state index in [0.29, 0.717) is 18.3 Å². The van der Waals surface area contributed by atoms with Crippen LogP contribution in [0.25, 0.3) is 0 Å². The summed E-state index contributed by atoms with van der Waals surface area (Å²) < 4.78 is 31.6. The van der Waals surface area contributed by atoms with E-state index in [4.69, 9.17) is 4.42 Å². The van der Waals surface area contributed by atoms with Crippen LogP contribution in [0, 0.1) is 0 Å². The second kappa shape index (κ2) is 6.88. The first-order valence-corrected chi connectivity index (χ1v) is 7.74. The fraction of sp³-hybridized carbons (Fsp3) is 0.538. The monoisotopic (exact) mass is 286 g/mol. The van der Waals surface area contributed by atoms with Crippen LogP contribution in [0.5, 0.6) is 0 Å². The van der Waals surface area contributed by atoms with Gasteiger partial charge in [0.05, 0.1) is 6.54 Å². The predicted octanol–water partition coefficient (Wildman–Crippen LogP) is 2.02. The van der Waals surface area contributed by atoms with Crippen molar-refractivity contribution in [3.63, 3.8) is 0 Å². The van der Waals surface area contributed by atoms with Crippen LogP contribution >= 0.6 is 0 Å².